The number of hydrogen-bond acceptors (Lipinski definition) is 5. The Morgan fingerprint density at radius 2 is 2.20 bits per heavy atom. The lowest BCUT2D eigenvalue weighted by Crippen LogP contribution is -2.31. The average Bonchev–Trinajstić information content (AvgIpc) is 2.95. The van der Waals surface area contributed by atoms with Gasteiger partial charge in [0.15, 0.2) is 0 Å². The molecule has 1 aromatic rings. The molecule has 1 N–H and O–H groups in total. The first-order valence-electron chi connectivity index (χ1n) is 6.94. The van der Waals surface area contributed by atoms with Crippen LogP contribution in [0.25, 0.3) is 0 Å². The van der Waals surface area contributed by atoms with Crippen molar-refractivity contribution in [2.75, 3.05) is 40.3 Å². The number of amides is 1. The predicted octanol–water partition coefficient (Wildman–Crippen LogP) is 0.623. The number of aromatic nitrogens is 1. The van der Waals surface area contributed by atoms with Crippen LogP contribution < -0.4 is 0 Å². The number of rotatable bonds is 5. The lowest BCUT2D eigenvalue weighted by Gasteiger charge is -2.20. The molecule has 0 saturated carbocycles. The van der Waals surface area contributed by atoms with Gasteiger partial charge in [-0.1, -0.05) is 0 Å². The summed E-state index contributed by atoms with van der Waals surface area (Å²) < 4.78 is 0. The van der Waals surface area contributed by atoms with Crippen molar-refractivity contribution in [3.05, 3.63) is 16.1 Å². The van der Waals surface area contributed by atoms with E-state index < -0.39 is 0 Å². The summed E-state index contributed by atoms with van der Waals surface area (Å²) in [5.74, 6) is 0.671. The van der Waals surface area contributed by atoms with Crippen LogP contribution >= 0.6 is 11.3 Å². The molecule has 0 unspecified atom stereocenters. The van der Waals surface area contributed by atoms with Gasteiger partial charge in [0.2, 0.25) is 5.91 Å². The van der Waals surface area contributed by atoms with Gasteiger partial charge in [-0.2, -0.15) is 0 Å². The Morgan fingerprint density at radius 3 is 2.75 bits per heavy atom. The maximum absolute atomic E-state index is 12.3. The third kappa shape index (κ3) is 3.77. The van der Waals surface area contributed by atoms with Crippen molar-refractivity contribution in [3.8, 4) is 0 Å². The monoisotopic (exact) mass is 297 g/mol. The van der Waals surface area contributed by atoms with Crippen molar-refractivity contribution < 1.29 is 9.90 Å². The minimum atomic E-state index is 0.120. The summed E-state index contributed by atoms with van der Waals surface area (Å²) in [5, 5.41) is 12.4. The molecule has 0 radical (unpaired) electrons. The van der Waals surface area contributed by atoms with E-state index in [2.05, 4.69) is 9.88 Å². The Bertz CT molecular complexity index is 461. The minimum absolute atomic E-state index is 0.120. The zero-order chi connectivity index (χ0) is 14.7. The molecule has 5 nitrogen and oxygen atoms in total. The second kappa shape index (κ2) is 6.65. The summed E-state index contributed by atoms with van der Waals surface area (Å²) in [6.45, 7) is 4.41. The molecule has 1 aliphatic rings. The number of aliphatic hydroxyl groups is 1. The van der Waals surface area contributed by atoms with E-state index in [0.717, 1.165) is 23.8 Å². The molecule has 1 amide bonds. The van der Waals surface area contributed by atoms with Gasteiger partial charge in [-0.3, -0.25) is 4.79 Å². The fraction of sp³-hybridized carbons (Fsp3) is 0.714. The molecule has 0 bridgehead atoms. The molecule has 1 aliphatic heterocycles. The van der Waals surface area contributed by atoms with Crippen molar-refractivity contribution >= 4 is 17.2 Å². The van der Waals surface area contributed by atoms with E-state index in [1.54, 1.807) is 11.3 Å². The summed E-state index contributed by atoms with van der Waals surface area (Å²) in [6, 6.07) is 0. The second-order valence-electron chi connectivity index (χ2n) is 5.80. The van der Waals surface area contributed by atoms with E-state index in [4.69, 9.17) is 0 Å². The molecule has 1 fully saturated rings. The van der Waals surface area contributed by atoms with Gasteiger partial charge in [0.1, 0.15) is 0 Å². The Hall–Kier alpha value is -0.980. The third-order valence-electron chi connectivity index (χ3n) is 3.76. The smallest absolute Gasteiger partial charge is 0.228 e. The number of nitrogens with zero attached hydrogens (tertiary/aromatic N) is 3. The molecule has 0 aromatic carbocycles. The summed E-state index contributed by atoms with van der Waals surface area (Å²) in [4.78, 5) is 20.6. The number of aryl methyl sites for hydroxylation is 1. The first-order chi connectivity index (χ1) is 9.49. The molecule has 2 atom stereocenters. The molecule has 1 aromatic heterocycles. The number of carbonyl (C=O) groups excluding carboxylic acids is 1. The molecular formula is C14H23N3O2S. The first-order valence-corrected chi connectivity index (χ1v) is 7.82. The van der Waals surface area contributed by atoms with E-state index in [1.165, 1.54) is 0 Å². The Kier molecular flexibility index (Phi) is 5.12. The van der Waals surface area contributed by atoms with E-state index in [9.17, 15) is 9.90 Å². The van der Waals surface area contributed by atoms with Crippen molar-refractivity contribution in [2.24, 2.45) is 11.8 Å². The largest absolute Gasteiger partial charge is 0.396 e. The fourth-order valence-electron chi connectivity index (χ4n) is 2.78. The van der Waals surface area contributed by atoms with Gasteiger partial charge in [0.25, 0.3) is 0 Å². The highest BCUT2D eigenvalue weighted by atomic mass is 32.1. The molecule has 0 aliphatic carbocycles. The predicted molar refractivity (Wildman–Crippen MR) is 79.8 cm³/mol. The minimum Gasteiger partial charge on any atom is -0.396 e. The maximum atomic E-state index is 12.3. The van der Waals surface area contributed by atoms with Crippen LogP contribution in [0.1, 0.15) is 10.7 Å². The van der Waals surface area contributed by atoms with E-state index in [1.807, 2.05) is 31.3 Å². The van der Waals surface area contributed by atoms with Gasteiger partial charge in [-0.25, -0.2) is 4.98 Å². The zero-order valence-electron chi connectivity index (χ0n) is 12.4. The van der Waals surface area contributed by atoms with Gasteiger partial charge >= 0.3 is 0 Å². The fourth-order valence-corrected chi connectivity index (χ4v) is 3.39. The number of aliphatic hydroxyl groups excluding tert-OH is 1. The highest BCUT2D eigenvalue weighted by Crippen LogP contribution is 2.24. The molecule has 1 saturated heterocycles. The number of carbonyl (C=O) groups is 1. The van der Waals surface area contributed by atoms with Crippen LogP contribution in [0.15, 0.2) is 5.38 Å². The van der Waals surface area contributed by atoms with Crippen LogP contribution in [0.3, 0.4) is 0 Å². The third-order valence-corrected chi connectivity index (χ3v) is 4.58. The Labute approximate surface area is 124 Å². The summed E-state index contributed by atoms with van der Waals surface area (Å²) in [7, 11) is 4.05. The summed E-state index contributed by atoms with van der Waals surface area (Å²) in [6.07, 6.45) is 0.372. The van der Waals surface area contributed by atoms with E-state index in [-0.39, 0.29) is 18.4 Å². The molecule has 2 heterocycles. The van der Waals surface area contributed by atoms with Crippen molar-refractivity contribution in [1.82, 2.24) is 14.8 Å². The van der Waals surface area contributed by atoms with Gasteiger partial charge in [0.05, 0.1) is 17.1 Å². The SMILES string of the molecule is Cc1nc(CC(=O)N2C[C@@H](CN(C)C)[C@@H](CO)C2)cs1. The molecule has 2 rings (SSSR count). The topological polar surface area (TPSA) is 56.7 Å². The second-order valence-corrected chi connectivity index (χ2v) is 6.86. The van der Waals surface area contributed by atoms with Crippen LogP contribution in [0.2, 0.25) is 0 Å². The quantitative estimate of drug-likeness (QED) is 0.866. The highest BCUT2D eigenvalue weighted by Gasteiger charge is 2.34. The number of hydrogen-bond donors (Lipinski definition) is 1. The normalized spacial score (nSPS) is 22.8. The molecule has 20 heavy (non-hydrogen) atoms. The maximum Gasteiger partial charge on any atom is 0.228 e. The lowest BCUT2D eigenvalue weighted by molar-refractivity contribution is -0.129. The van der Waals surface area contributed by atoms with Gasteiger partial charge in [0, 0.05) is 37.5 Å². The zero-order valence-corrected chi connectivity index (χ0v) is 13.2. The summed E-state index contributed by atoms with van der Waals surface area (Å²) in [5.41, 5.74) is 0.856. The summed E-state index contributed by atoms with van der Waals surface area (Å²) >= 11 is 1.57. The van der Waals surface area contributed by atoms with Crippen LogP contribution in [-0.4, -0.2) is 66.1 Å². The molecule has 6 heteroatoms. The lowest BCUT2D eigenvalue weighted by atomic mass is 9.97. The Balaban J connectivity index is 1.94. The molecular weight excluding hydrogens is 274 g/mol. The van der Waals surface area contributed by atoms with Crippen molar-refractivity contribution in [2.45, 2.75) is 13.3 Å². The van der Waals surface area contributed by atoms with Gasteiger partial charge in [-0.05, 0) is 26.9 Å². The van der Waals surface area contributed by atoms with Crippen LogP contribution in [0.4, 0.5) is 0 Å². The number of thiazole rings is 1. The standard InChI is InChI=1S/C14H23N3O2S/c1-10-15-13(9-20-10)4-14(19)17-6-11(5-16(2)3)12(7-17)8-18/h9,11-12,18H,4-8H2,1-3H3/t11-,12-/m1/s1. The van der Waals surface area contributed by atoms with Crippen molar-refractivity contribution in [3.63, 3.8) is 0 Å². The van der Waals surface area contributed by atoms with Crippen molar-refractivity contribution in [1.29, 1.82) is 0 Å². The Morgan fingerprint density at radius 1 is 1.50 bits per heavy atom. The van der Waals surface area contributed by atoms with Crippen LogP contribution in [-0.2, 0) is 11.2 Å². The van der Waals surface area contributed by atoms with E-state index in [0.29, 0.717) is 18.9 Å². The highest BCUT2D eigenvalue weighted by molar-refractivity contribution is 7.09. The molecule has 112 valence electrons. The van der Waals surface area contributed by atoms with Crippen LogP contribution in [0.5, 0.6) is 0 Å². The average molecular weight is 297 g/mol. The van der Waals surface area contributed by atoms with Gasteiger partial charge < -0.3 is 14.9 Å². The van der Waals surface area contributed by atoms with Gasteiger partial charge in [-0.15, -0.1) is 11.3 Å². The first kappa shape index (κ1) is 15.4. The van der Waals surface area contributed by atoms with E-state index >= 15 is 0 Å². The van der Waals surface area contributed by atoms with Crippen LogP contribution in [0, 0.1) is 18.8 Å². The number of likely N-dealkylation sites (tertiary alicyclic amines) is 1. The molecule has 0 spiro atoms.